The second-order valence-corrected chi connectivity index (χ2v) is 6.59. The number of rotatable bonds is 1. The fourth-order valence-corrected chi connectivity index (χ4v) is 2.90. The maximum atomic E-state index is 14.1. The Morgan fingerprint density at radius 1 is 1.26 bits per heavy atom. The second kappa shape index (κ2) is 4.89. The highest BCUT2D eigenvalue weighted by atomic mass is 19.3. The van der Waals surface area contributed by atoms with Crippen LogP contribution in [-0.2, 0) is 0 Å². The van der Waals surface area contributed by atoms with Gasteiger partial charge in [0.05, 0.1) is 0 Å². The van der Waals surface area contributed by atoms with Crippen LogP contribution >= 0.6 is 0 Å². The largest absolute Gasteiger partial charge is 0.338 e. The number of carbonyl (C=O) groups excluding carboxylic acids is 1. The average molecular weight is 275 g/mol. The van der Waals surface area contributed by atoms with Crippen LogP contribution in [0.15, 0.2) is 0 Å². The van der Waals surface area contributed by atoms with Crippen molar-refractivity contribution >= 4 is 6.03 Å². The molecule has 2 aliphatic rings. The van der Waals surface area contributed by atoms with Crippen molar-refractivity contribution in [3.63, 3.8) is 0 Å². The molecule has 19 heavy (non-hydrogen) atoms. The molecule has 2 rings (SSSR count). The number of piperidine rings is 1. The fourth-order valence-electron chi connectivity index (χ4n) is 2.90. The van der Waals surface area contributed by atoms with Crippen molar-refractivity contribution in [2.45, 2.75) is 38.7 Å². The summed E-state index contributed by atoms with van der Waals surface area (Å²) >= 11 is 0. The molecule has 0 bridgehead atoms. The number of hydrogen-bond donors (Lipinski definition) is 2. The molecule has 0 saturated carbocycles. The van der Waals surface area contributed by atoms with Crippen molar-refractivity contribution in [1.29, 1.82) is 0 Å². The first kappa shape index (κ1) is 14.5. The number of halogens is 2. The Kier molecular flexibility index (Phi) is 3.73. The van der Waals surface area contributed by atoms with Gasteiger partial charge in [0.2, 0.25) is 0 Å². The number of amides is 2. The zero-order valence-corrected chi connectivity index (χ0v) is 11.8. The van der Waals surface area contributed by atoms with Gasteiger partial charge in [0, 0.05) is 50.0 Å². The molecule has 0 aromatic rings. The van der Waals surface area contributed by atoms with E-state index in [1.807, 2.05) is 0 Å². The van der Waals surface area contributed by atoms with Gasteiger partial charge in [-0.05, 0) is 20.8 Å². The zero-order valence-electron chi connectivity index (χ0n) is 11.8. The molecule has 2 aliphatic heterocycles. The van der Waals surface area contributed by atoms with E-state index in [2.05, 4.69) is 36.3 Å². The van der Waals surface area contributed by atoms with Crippen molar-refractivity contribution in [2.75, 3.05) is 26.2 Å². The summed E-state index contributed by atoms with van der Waals surface area (Å²) in [7, 11) is 0. The predicted octanol–water partition coefficient (Wildman–Crippen LogP) is 1.67. The summed E-state index contributed by atoms with van der Waals surface area (Å²) in [6.07, 6.45) is -0.0978. The lowest BCUT2D eigenvalue weighted by atomic mass is 9.80. The Balaban J connectivity index is 2.08. The SMILES string of the molecule is CC(C)(C)N1CCC(F)(F)C(C2CNC(=O)NC2)C1. The molecule has 0 aromatic heterocycles. The first-order valence-corrected chi connectivity index (χ1v) is 6.85. The number of nitrogens with one attached hydrogen (secondary N) is 2. The molecule has 0 aromatic carbocycles. The molecule has 2 saturated heterocycles. The Morgan fingerprint density at radius 3 is 2.37 bits per heavy atom. The van der Waals surface area contributed by atoms with Crippen molar-refractivity contribution in [2.24, 2.45) is 11.8 Å². The van der Waals surface area contributed by atoms with Crippen molar-refractivity contribution < 1.29 is 13.6 Å². The van der Waals surface area contributed by atoms with Crippen LogP contribution < -0.4 is 10.6 Å². The van der Waals surface area contributed by atoms with E-state index in [4.69, 9.17) is 0 Å². The maximum absolute atomic E-state index is 14.1. The zero-order chi connectivity index (χ0) is 14.3. The van der Waals surface area contributed by atoms with E-state index in [1.165, 1.54) is 0 Å². The molecule has 6 heteroatoms. The summed E-state index contributed by atoms with van der Waals surface area (Å²) in [6.45, 7) is 7.64. The van der Waals surface area contributed by atoms with Crippen LogP contribution in [-0.4, -0.2) is 48.6 Å². The van der Waals surface area contributed by atoms with Gasteiger partial charge in [-0.25, -0.2) is 13.6 Å². The summed E-state index contributed by atoms with van der Waals surface area (Å²) < 4.78 is 28.3. The fraction of sp³-hybridized carbons (Fsp3) is 0.923. The number of likely N-dealkylation sites (tertiary alicyclic amines) is 1. The van der Waals surface area contributed by atoms with Crippen LogP contribution in [0.3, 0.4) is 0 Å². The molecule has 0 radical (unpaired) electrons. The molecule has 4 nitrogen and oxygen atoms in total. The summed E-state index contributed by atoms with van der Waals surface area (Å²) in [5.41, 5.74) is -0.0971. The molecule has 110 valence electrons. The predicted molar refractivity (Wildman–Crippen MR) is 69.3 cm³/mol. The van der Waals surface area contributed by atoms with Gasteiger partial charge in [-0.1, -0.05) is 0 Å². The number of carbonyl (C=O) groups is 1. The summed E-state index contributed by atoms with van der Waals surface area (Å²) in [5.74, 6) is -3.55. The molecule has 2 heterocycles. The van der Waals surface area contributed by atoms with E-state index < -0.39 is 11.8 Å². The van der Waals surface area contributed by atoms with E-state index >= 15 is 0 Å². The minimum Gasteiger partial charge on any atom is -0.338 e. The molecule has 0 spiro atoms. The molecule has 2 amide bonds. The lowest BCUT2D eigenvalue weighted by Gasteiger charge is -2.47. The van der Waals surface area contributed by atoms with Crippen LogP contribution in [0.2, 0.25) is 0 Å². The molecular formula is C13H23F2N3O. The van der Waals surface area contributed by atoms with Crippen molar-refractivity contribution in [3.05, 3.63) is 0 Å². The van der Waals surface area contributed by atoms with Gasteiger partial charge in [0.25, 0.3) is 5.92 Å². The standard InChI is InChI=1S/C13H23F2N3O/c1-12(2,3)18-5-4-13(14,15)10(8-18)9-6-16-11(19)17-7-9/h9-10H,4-8H2,1-3H3,(H2,16,17,19). The summed E-state index contributed by atoms with van der Waals surface area (Å²) in [5, 5.41) is 5.24. The van der Waals surface area contributed by atoms with E-state index in [9.17, 15) is 13.6 Å². The van der Waals surface area contributed by atoms with Gasteiger partial charge in [0.15, 0.2) is 0 Å². The number of urea groups is 1. The maximum Gasteiger partial charge on any atom is 0.314 e. The topological polar surface area (TPSA) is 44.4 Å². The van der Waals surface area contributed by atoms with Crippen LogP contribution in [0.4, 0.5) is 13.6 Å². The highest BCUT2D eigenvalue weighted by molar-refractivity contribution is 5.74. The highest BCUT2D eigenvalue weighted by Crippen LogP contribution is 2.40. The third-order valence-corrected chi connectivity index (χ3v) is 4.24. The molecule has 0 aliphatic carbocycles. The van der Waals surface area contributed by atoms with Gasteiger partial charge in [-0.15, -0.1) is 0 Å². The van der Waals surface area contributed by atoms with E-state index in [0.29, 0.717) is 26.2 Å². The quantitative estimate of drug-likeness (QED) is 0.764. The third kappa shape index (κ3) is 3.16. The van der Waals surface area contributed by atoms with Crippen molar-refractivity contribution in [3.8, 4) is 0 Å². The molecular weight excluding hydrogens is 252 g/mol. The van der Waals surface area contributed by atoms with Crippen molar-refractivity contribution in [1.82, 2.24) is 15.5 Å². The minimum atomic E-state index is -2.64. The normalized spacial score (nSPS) is 29.7. The van der Waals surface area contributed by atoms with Gasteiger partial charge < -0.3 is 10.6 Å². The van der Waals surface area contributed by atoms with Gasteiger partial charge >= 0.3 is 6.03 Å². The summed E-state index contributed by atoms with van der Waals surface area (Å²) in [6, 6.07) is -0.261. The van der Waals surface area contributed by atoms with Crippen LogP contribution in [0, 0.1) is 11.8 Å². The van der Waals surface area contributed by atoms with Gasteiger partial charge in [-0.2, -0.15) is 0 Å². The van der Waals surface area contributed by atoms with Gasteiger partial charge in [0.1, 0.15) is 0 Å². The Hall–Kier alpha value is -0.910. The average Bonchev–Trinajstić information content (AvgIpc) is 2.28. The highest BCUT2D eigenvalue weighted by Gasteiger charge is 2.49. The molecule has 2 fully saturated rings. The third-order valence-electron chi connectivity index (χ3n) is 4.24. The first-order chi connectivity index (χ1) is 8.70. The number of hydrogen-bond acceptors (Lipinski definition) is 2. The number of alkyl halides is 2. The van der Waals surface area contributed by atoms with Gasteiger partial charge in [-0.3, -0.25) is 4.90 Å². The molecule has 1 atom stereocenters. The molecule has 2 N–H and O–H groups in total. The van der Waals surface area contributed by atoms with Crippen LogP contribution in [0.1, 0.15) is 27.2 Å². The molecule has 1 unspecified atom stereocenters. The van der Waals surface area contributed by atoms with Crippen LogP contribution in [0.25, 0.3) is 0 Å². The van der Waals surface area contributed by atoms with Crippen LogP contribution in [0.5, 0.6) is 0 Å². The Labute approximate surface area is 112 Å². The first-order valence-electron chi connectivity index (χ1n) is 6.85. The summed E-state index contributed by atoms with van der Waals surface area (Å²) in [4.78, 5) is 13.2. The smallest absolute Gasteiger partial charge is 0.314 e. The van der Waals surface area contributed by atoms with E-state index in [1.54, 1.807) is 0 Å². The second-order valence-electron chi connectivity index (χ2n) is 6.59. The monoisotopic (exact) mass is 275 g/mol. The Bertz CT molecular complexity index is 344. The number of nitrogens with zero attached hydrogens (tertiary/aromatic N) is 1. The van der Waals surface area contributed by atoms with E-state index in [0.717, 1.165) is 0 Å². The Morgan fingerprint density at radius 2 is 1.84 bits per heavy atom. The minimum absolute atomic E-state index is 0.0971. The lowest BCUT2D eigenvalue weighted by molar-refractivity contribution is -0.137. The van der Waals surface area contributed by atoms with E-state index in [-0.39, 0.29) is 23.9 Å². The lowest BCUT2D eigenvalue weighted by Crippen LogP contribution is -2.60.